The van der Waals surface area contributed by atoms with Gasteiger partial charge < -0.3 is 19.4 Å². The van der Waals surface area contributed by atoms with Crippen LogP contribution in [-0.4, -0.2) is 42.1 Å². The normalized spacial score (nSPS) is 13.7. The zero-order valence-electron chi connectivity index (χ0n) is 18.8. The van der Waals surface area contributed by atoms with Crippen molar-refractivity contribution in [2.75, 3.05) is 36.5 Å². The van der Waals surface area contributed by atoms with E-state index in [2.05, 4.69) is 10.3 Å². The number of fused-ring (bicyclic) bond motifs is 1. The first-order chi connectivity index (χ1) is 16.9. The van der Waals surface area contributed by atoms with Crippen LogP contribution < -0.4 is 10.2 Å². The lowest BCUT2D eigenvalue weighted by Gasteiger charge is -2.28. The van der Waals surface area contributed by atoms with Gasteiger partial charge in [0.1, 0.15) is 11.2 Å². The molecule has 5 rings (SSSR count). The molecule has 0 radical (unpaired) electrons. The first-order valence-electron chi connectivity index (χ1n) is 11.0. The number of nitrogens with one attached hydrogen (secondary N) is 1. The maximum absolute atomic E-state index is 12.9. The molecule has 0 unspecified atom stereocenters. The van der Waals surface area contributed by atoms with Gasteiger partial charge in [0.05, 0.1) is 28.7 Å². The second-order valence-corrected chi connectivity index (χ2v) is 8.61. The highest BCUT2D eigenvalue weighted by Gasteiger charge is 2.23. The number of aryl methyl sites for hydroxylation is 1. The molecule has 0 saturated carbocycles. The van der Waals surface area contributed by atoms with Crippen LogP contribution in [0.1, 0.15) is 15.9 Å². The topological polar surface area (TPSA) is 111 Å². The molecule has 2 heterocycles. The van der Waals surface area contributed by atoms with Gasteiger partial charge in [0.15, 0.2) is 5.58 Å². The molecule has 1 amide bonds. The summed E-state index contributed by atoms with van der Waals surface area (Å²) in [4.78, 5) is 30.6. The van der Waals surface area contributed by atoms with Crippen LogP contribution in [0.15, 0.2) is 59.0 Å². The first-order valence-corrected chi connectivity index (χ1v) is 11.4. The van der Waals surface area contributed by atoms with Gasteiger partial charge in [0.25, 0.3) is 11.6 Å². The van der Waals surface area contributed by atoms with Gasteiger partial charge in [0.2, 0.25) is 5.89 Å². The van der Waals surface area contributed by atoms with E-state index in [-0.39, 0.29) is 11.3 Å². The molecular weight excluding hydrogens is 472 g/mol. The van der Waals surface area contributed by atoms with E-state index in [1.54, 1.807) is 30.3 Å². The van der Waals surface area contributed by atoms with E-state index in [9.17, 15) is 14.9 Å². The van der Waals surface area contributed by atoms with Crippen molar-refractivity contribution >= 4 is 45.7 Å². The minimum atomic E-state index is -0.483. The molecule has 10 heteroatoms. The zero-order valence-corrected chi connectivity index (χ0v) is 19.5. The molecule has 9 nitrogen and oxygen atoms in total. The molecule has 1 fully saturated rings. The Morgan fingerprint density at radius 1 is 1.11 bits per heavy atom. The van der Waals surface area contributed by atoms with Crippen LogP contribution in [0.5, 0.6) is 0 Å². The van der Waals surface area contributed by atoms with Crippen molar-refractivity contribution in [3.05, 3.63) is 80.9 Å². The number of anilines is 2. The van der Waals surface area contributed by atoms with E-state index in [0.29, 0.717) is 65.3 Å². The number of nitrogens with zero attached hydrogens (tertiary/aromatic N) is 3. The molecule has 0 bridgehead atoms. The molecule has 0 spiro atoms. The standard InChI is InChI=1S/C25H21ClN4O5/c1-15-2-7-23-20(12-15)28-25(35-23)18-14-17(4-5-19(18)26)27-24(31)16-3-6-21(22(13-16)30(32)33)29-8-10-34-11-9-29/h2-7,12-14H,8-11H2,1H3,(H,27,31). The first kappa shape index (κ1) is 22.8. The van der Waals surface area contributed by atoms with Crippen molar-refractivity contribution in [2.45, 2.75) is 6.92 Å². The van der Waals surface area contributed by atoms with E-state index in [4.69, 9.17) is 20.8 Å². The quantitative estimate of drug-likeness (QED) is 0.291. The summed E-state index contributed by atoms with van der Waals surface area (Å²) in [5.41, 5.74) is 3.87. The molecule has 178 valence electrons. The molecule has 3 aromatic carbocycles. The van der Waals surface area contributed by atoms with Gasteiger partial charge in [-0.15, -0.1) is 0 Å². The van der Waals surface area contributed by atoms with Gasteiger partial charge in [-0.3, -0.25) is 14.9 Å². The van der Waals surface area contributed by atoms with Crippen LogP contribution in [0.25, 0.3) is 22.6 Å². The van der Waals surface area contributed by atoms with Gasteiger partial charge in [0, 0.05) is 30.4 Å². The van der Waals surface area contributed by atoms with Crippen LogP contribution in [-0.2, 0) is 4.74 Å². The SMILES string of the molecule is Cc1ccc2oc(-c3cc(NC(=O)c4ccc(N5CCOCC5)c([N+](=O)[O-])c4)ccc3Cl)nc2c1. The Balaban J connectivity index is 1.41. The monoisotopic (exact) mass is 492 g/mol. The number of morpholine rings is 1. The van der Waals surface area contributed by atoms with E-state index in [0.717, 1.165) is 5.56 Å². The lowest BCUT2D eigenvalue weighted by molar-refractivity contribution is -0.384. The smallest absolute Gasteiger partial charge is 0.293 e. The Bertz CT molecular complexity index is 1450. The lowest BCUT2D eigenvalue weighted by atomic mass is 10.1. The fourth-order valence-electron chi connectivity index (χ4n) is 4.01. The van der Waals surface area contributed by atoms with Gasteiger partial charge in [-0.25, -0.2) is 4.98 Å². The molecule has 1 aliphatic heterocycles. The van der Waals surface area contributed by atoms with Crippen molar-refractivity contribution in [2.24, 2.45) is 0 Å². The van der Waals surface area contributed by atoms with Gasteiger partial charge in [-0.05, 0) is 55.0 Å². The fraction of sp³-hybridized carbons (Fsp3) is 0.200. The van der Waals surface area contributed by atoms with E-state index >= 15 is 0 Å². The molecule has 1 saturated heterocycles. The molecule has 0 atom stereocenters. The van der Waals surface area contributed by atoms with Crippen LogP contribution in [0.4, 0.5) is 17.1 Å². The van der Waals surface area contributed by atoms with Crippen LogP contribution >= 0.6 is 11.6 Å². The third-order valence-electron chi connectivity index (χ3n) is 5.78. The van der Waals surface area contributed by atoms with Gasteiger partial charge in [-0.2, -0.15) is 0 Å². The molecule has 0 aliphatic carbocycles. The van der Waals surface area contributed by atoms with E-state index < -0.39 is 10.8 Å². The Morgan fingerprint density at radius 3 is 2.69 bits per heavy atom. The number of carbonyl (C=O) groups excluding carboxylic acids is 1. The number of nitro groups is 1. The highest BCUT2D eigenvalue weighted by atomic mass is 35.5. The maximum Gasteiger partial charge on any atom is 0.293 e. The highest BCUT2D eigenvalue weighted by molar-refractivity contribution is 6.33. The predicted molar refractivity (Wildman–Crippen MR) is 133 cm³/mol. The Morgan fingerprint density at radius 2 is 1.91 bits per heavy atom. The number of hydrogen-bond donors (Lipinski definition) is 1. The molecule has 1 aliphatic rings. The maximum atomic E-state index is 12.9. The number of amides is 1. The van der Waals surface area contributed by atoms with E-state index in [1.165, 1.54) is 6.07 Å². The number of benzene rings is 3. The number of oxazole rings is 1. The van der Waals surface area contributed by atoms with Crippen molar-refractivity contribution < 1.29 is 18.9 Å². The number of rotatable bonds is 5. The summed E-state index contributed by atoms with van der Waals surface area (Å²) in [5.74, 6) is -0.153. The summed E-state index contributed by atoms with van der Waals surface area (Å²) in [5, 5.41) is 14.9. The average molecular weight is 493 g/mol. The third-order valence-corrected chi connectivity index (χ3v) is 6.11. The Hall–Kier alpha value is -3.95. The lowest BCUT2D eigenvalue weighted by Crippen LogP contribution is -2.36. The number of hydrogen-bond acceptors (Lipinski definition) is 7. The summed E-state index contributed by atoms with van der Waals surface area (Å²) < 4.78 is 11.2. The molecule has 1 N–H and O–H groups in total. The number of aromatic nitrogens is 1. The van der Waals surface area contributed by atoms with Crippen LogP contribution in [0.3, 0.4) is 0 Å². The van der Waals surface area contributed by atoms with Gasteiger partial charge >= 0.3 is 0 Å². The highest BCUT2D eigenvalue weighted by Crippen LogP contribution is 2.33. The number of ether oxygens (including phenoxy) is 1. The van der Waals surface area contributed by atoms with Crippen molar-refractivity contribution in [3.8, 4) is 11.5 Å². The summed E-state index contributed by atoms with van der Waals surface area (Å²) in [6, 6.07) is 15.1. The molecule has 4 aromatic rings. The van der Waals surface area contributed by atoms with Gasteiger partial charge in [-0.1, -0.05) is 17.7 Å². The van der Waals surface area contributed by atoms with Crippen molar-refractivity contribution in [1.82, 2.24) is 4.98 Å². The summed E-state index contributed by atoms with van der Waals surface area (Å²) in [6.45, 7) is 4.06. The third kappa shape index (κ3) is 4.68. The second-order valence-electron chi connectivity index (χ2n) is 8.20. The molecule has 35 heavy (non-hydrogen) atoms. The van der Waals surface area contributed by atoms with Crippen molar-refractivity contribution in [1.29, 1.82) is 0 Å². The van der Waals surface area contributed by atoms with Crippen molar-refractivity contribution in [3.63, 3.8) is 0 Å². The minimum Gasteiger partial charge on any atom is -0.436 e. The fourth-order valence-corrected chi connectivity index (χ4v) is 4.20. The minimum absolute atomic E-state index is 0.127. The Labute approximate surface area is 205 Å². The van der Waals surface area contributed by atoms with Crippen LogP contribution in [0, 0.1) is 17.0 Å². The molecule has 1 aromatic heterocycles. The number of nitro benzene ring substituents is 1. The molecular formula is C25H21ClN4O5. The summed E-state index contributed by atoms with van der Waals surface area (Å²) in [7, 11) is 0. The Kier molecular flexibility index (Phi) is 6.10. The zero-order chi connectivity index (χ0) is 24.5. The van der Waals surface area contributed by atoms with Crippen LogP contribution in [0.2, 0.25) is 5.02 Å². The summed E-state index contributed by atoms with van der Waals surface area (Å²) in [6.07, 6.45) is 0. The largest absolute Gasteiger partial charge is 0.436 e. The number of halogens is 1. The van der Waals surface area contributed by atoms with E-state index in [1.807, 2.05) is 30.0 Å². The summed E-state index contributed by atoms with van der Waals surface area (Å²) >= 11 is 6.39. The number of carbonyl (C=O) groups is 1. The predicted octanol–water partition coefficient (Wildman–Crippen LogP) is 5.45. The second kappa shape index (κ2) is 9.36. The average Bonchev–Trinajstić information content (AvgIpc) is 3.28.